The summed E-state index contributed by atoms with van der Waals surface area (Å²) in [5, 5.41) is 0. The van der Waals surface area contributed by atoms with Crippen LogP contribution in [-0.2, 0) is 9.53 Å². The van der Waals surface area contributed by atoms with Crippen LogP contribution in [0.3, 0.4) is 0 Å². The molecule has 0 amide bonds. The van der Waals surface area contributed by atoms with Crippen LogP contribution in [0.5, 0.6) is 0 Å². The summed E-state index contributed by atoms with van der Waals surface area (Å²) in [6.07, 6.45) is 8.04. The maximum absolute atomic E-state index is 11.9. The van der Waals surface area contributed by atoms with E-state index >= 15 is 0 Å². The van der Waals surface area contributed by atoms with Gasteiger partial charge in [-0.05, 0) is 32.4 Å². The summed E-state index contributed by atoms with van der Waals surface area (Å²) in [6.45, 7) is 8.28. The molecule has 2 N–H and O–H groups in total. The first-order valence-electron chi connectivity index (χ1n) is 7.34. The molecule has 1 unspecified atom stereocenters. The first-order valence-corrected chi connectivity index (χ1v) is 7.34. The molecule has 0 rings (SSSR count). The standard InChI is InChI=1S/C15H30N2O2/c1-4-6-9-13-17(12-5-2)14(15(18)19-3)10-7-8-11-16/h5,14H,2,4,6-13,16H2,1,3H3. The maximum Gasteiger partial charge on any atom is 0.323 e. The van der Waals surface area contributed by atoms with Gasteiger partial charge in [-0.3, -0.25) is 9.69 Å². The molecule has 0 aliphatic carbocycles. The van der Waals surface area contributed by atoms with E-state index in [0.29, 0.717) is 6.54 Å². The fourth-order valence-corrected chi connectivity index (χ4v) is 2.17. The molecule has 0 aliphatic heterocycles. The van der Waals surface area contributed by atoms with Crippen molar-refractivity contribution in [3.8, 4) is 0 Å². The number of rotatable bonds is 12. The van der Waals surface area contributed by atoms with Crippen LogP contribution >= 0.6 is 0 Å². The van der Waals surface area contributed by atoms with Crippen LogP contribution in [0.25, 0.3) is 0 Å². The molecular weight excluding hydrogens is 240 g/mol. The van der Waals surface area contributed by atoms with Gasteiger partial charge < -0.3 is 10.5 Å². The van der Waals surface area contributed by atoms with Crippen molar-refractivity contribution in [2.24, 2.45) is 5.73 Å². The van der Waals surface area contributed by atoms with Crippen molar-refractivity contribution in [2.45, 2.75) is 51.5 Å². The lowest BCUT2D eigenvalue weighted by molar-refractivity contribution is -0.147. The Kier molecular flexibility index (Phi) is 11.6. The van der Waals surface area contributed by atoms with Crippen LogP contribution < -0.4 is 5.73 Å². The Hall–Kier alpha value is -0.870. The number of nitrogens with two attached hydrogens (primary N) is 1. The minimum atomic E-state index is -0.161. The van der Waals surface area contributed by atoms with Crippen LogP contribution in [0.4, 0.5) is 0 Å². The van der Waals surface area contributed by atoms with Gasteiger partial charge >= 0.3 is 5.97 Å². The lowest BCUT2D eigenvalue weighted by Crippen LogP contribution is -2.42. The molecule has 1 atom stereocenters. The van der Waals surface area contributed by atoms with Gasteiger partial charge in [0.2, 0.25) is 0 Å². The Labute approximate surface area is 118 Å². The molecule has 0 spiro atoms. The Morgan fingerprint density at radius 1 is 1.37 bits per heavy atom. The van der Waals surface area contributed by atoms with E-state index in [9.17, 15) is 4.79 Å². The maximum atomic E-state index is 11.9. The topological polar surface area (TPSA) is 55.6 Å². The molecule has 0 radical (unpaired) electrons. The summed E-state index contributed by atoms with van der Waals surface area (Å²) in [5.41, 5.74) is 5.51. The van der Waals surface area contributed by atoms with Crippen molar-refractivity contribution < 1.29 is 9.53 Å². The van der Waals surface area contributed by atoms with E-state index in [2.05, 4.69) is 18.4 Å². The van der Waals surface area contributed by atoms with Gasteiger partial charge in [-0.25, -0.2) is 0 Å². The van der Waals surface area contributed by atoms with Gasteiger partial charge in [-0.2, -0.15) is 0 Å². The summed E-state index contributed by atoms with van der Waals surface area (Å²) < 4.78 is 4.93. The molecule has 4 heteroatoms. The normalized spacial score (nSPS) is 12.4. The Bertz CT molecular complexity index is 244. The number of nitrogens with zero attached hydrogens (tertiary/aromatic N) is 1. The molecule has 0 aromatic carbocycles. The monoisotopic (exact) mass is 270 g/mol. The molecule has 0 fully saturated rings. The highest BCUT2D eigenvalue weighted by atomic mass is 16.5. The summed E-state index contributed by atoms with van der Waals surface area (Å²) in [4.78, 5) is 14.1. The lowest BCUT2D eigenvalue weighted by Gasteiger charge is -2.28. The summed E-state index contributed by atoms with van der Waals surface area (Å²) in [6, 6.07) is -0.161. The SMILES string of the molecule is C=CCN(CCCCC)C(CCCCN)C(=O)OC. The second kappa shape index (κ2) is 12.2. The van der Waals surface area contributed by atoms with Crippen molar-refractivity contribution in [3.63, 3.8) is 0 Å². The molecule has 0 aliphatic rings. The van der Waals surface area contributed by atoms with Gasteiger partial charge in [0.05, 0.1) is 7.11 Å². The van der Waals surface area contributed by atoms with Crippen molar-refractivity contribution in [3.05, 3.63) is 12.7 Å². The Morgan fingerprint density at radius 3 is 2.63 bits per heavy atom. The third kappa shape index (κ3) is 8.01. The van der Waals surface area contributed by atoms with Crippen molar-refractivity contribution >= 4 is 5.97 Å². The highest BCUT2D eigenvalue weighted by Gasteiger charge is 2.25. The number of hydrogen-bond donors (Lipinski definition) is 1. The van der Waals surface area contributed by atoms with Crippen molar-refractivity contribution in [2.75, 3.05) is 26.7 Å². The highest BCUT2D eigenvalue weighted by Crippen LogP contribution is 2.12. The molecule has 0 saturated heterocycles. The van der Waals surface area contributed by atoms with Gasteiger partial charge in [-0.15, -0.1) is 6.58 Å². The van der Waals surface area contributed by atoms with Crippen LogP contribution in [0, 0.1) is 0 Å². The van der Waals surface area contributed by atoms with Gasteiger partial charge in [0, 0.05) is 6.54 Å². The largest absolute Gasteiger partial charge is 0.468 e. The molecular formula is C15H30N2O2. The van der Waals surface area contributed by atoms with E-state index in [-0.39, 0.29) is 12.0 Å². The number of methoxy groups -OCH3 is 1. The predicted octanol–water partition coefficient (Wildman–Crippen LogP) is 2.34. The number of carbonyl (C=O) groups is 1. The lowest BCUT2D eigenvalue weighted by atomic mass is 10.1. The van der Waals surface area contributed by atoms with Gasteiger partial charge in [0.15, 0.2) is 0 Å². The van der Waals surface area contributed by atoms with Gasteiger partial charge in [0.25, 0.3) is 0 Å². The van der Waals surface area contributed by atoms with Crippen molar-refractivity contribution in [1.29, 1.82) is 0 Å². The summed E-state index contributed by atoms with van der Waals surface area (Å²) >= 11 is 0. The molecule has 112 valence electrons. The summed E-state index contributed by atoms with van der Waals surface area (Å²) in [5.74, 6) is -0.143. The quantitative estimate of drug-likeness (QED) is 0.336. The number of ether oxygens (including phenoxy) is 1. The molecule has 0 aromatic heterocycles. The third-order valence-electron chi connectivity index (χ3n) is 3.26. The second-order valence-corrected chi connectivity index (χ2v) is 4.81. The van der Waals surface area contributed by atoms with Crippen molar-refractivity contribution in [1.82, 2.24) is 4.90 Å². The number of carbonyl (C=O) groups excluding carboxylic acids is 1. The summed E-state index contributed by atoms with van der Waals surface area (Å²) in [7, 11) is 1.45. The first kappa shape index (κ1) is 18.1. The molecule has 0 heterocycles. The van der Waals surface area contributed by atoms with E-state index in [0.717, 1.165) is 38.8 Å². The zero-order chi connectivity index (χ0) is 14.5. The molecule has 4 nitrogen and oxygen atoms in total. The molecule has 0 aromatic rings. The average molecular weight is 270 g/mol. The predicted molar refractivity (Wildman–Crippen MR) is 80.0 cm³/mol. The van der Waals surface area contributed by atoms with E-state index in [4.69, 9.17) is 10.5 Å². The van der Waals surface area contributed by atoms with Crippen LogP contribution in [0.1, 0.15) is 45.4 Å². The Morgan fingerprint density at radius 2 is 2.11 bits per heavy atom. The number of esters is 1. The van der Waals surface area contributed by atoms with E-state index in [1.165, 1.54) is 20.0 Å². The smallest absolute Gasteiger partial charge is 0.323 e. The van der Waals surface area contributed by atoms with E-state index in [1.807, 2.05) is 6.08 Å². The second-order valence-electron chi connectivity index (χ2n) is 4.81. The fraction of sp³-hybridized carbons (Fsp3) is 0.800. The minimum absolute atomic E-state index is 0.143. The van der Waals surface area contributed by atoms with E-state index < -0.39 is 0 Å². The van der Waals surface area contributed by atoms with Gasteiger partial charge in [-0.1, -0.05) is 32.3 Å². The fourth-order valence-electron chi connectivity index (χ4n) is 2.17. The average Bonchev–Trinajstić information content (AvgIpc) is 2.42. The van der Waals surface area contributed by atoms with Crippen LogP contribution in [-0.4, -0.2) is 43.7 Å². The molecule has 19 heavy (non-hydrogen) atoms. The third-order valence-corrected chi connectivity index (χ3v) is 3.26. The highest BCUT2D eigenvalue weighted by molar-refractivity contribution is 5.75. The van der Waals surface area contributed by atoms with Gasteiger partial charge in [0.1, 0.15) is 6.04 Å². The zero-order valence-electron chi connectivity index (χ0n) is 12.6. The Balaban J connectivity index is 4.50. The molecule has 0 bridgehead atoms. The number of hydrogen-bond acceptors (Lipinski definition) is 4. The van der Waals surface area contributed by atoms with Crippen LogP contribution in [0.2, 0.25) is 0 Å². The zero-order valence-corrected chi connectivity index (χ0v) is 12.6. The molecule has 0 saturated carbocycles. The van der Waals surface area contributed by atoms with Crippen LogP contribution in [0.15, 0.2) is 12.7 Å². The van der Waals surface area contributed by atoms with E-state index in [1.54, 1.807) is 0 Å². The number of unbranched alkanes of at least 4 members (excludes halogenated alkanes) is 3. The first-order chi connectivity index (χ1) is 9.21. The minimum Gasteiger partial charge on any atom is -0.468 e.